The van der Waals surface area contributed by atoms with Gasteiger partial charge in [-0.25, -0.2) is 4.79 Å². The van der Waals surface area contributed by atoms with E-state index >= 15 is 0 Å². The van der Waals surface area contributed by atoms with E-state index in [0.717, 1.165) is 0 Å². The third kappa shape index (κ3) is 6.33. The van der Waals surface area contributed by atoms with Crippen LogP contribution in [0.25, 0.3) is 0 Å². The van der Waals surface area contributed by atoms with Gasteiger partial charge in [-0.1, -0.05) is 6.07 Å². The molecule has 23 heavy (non-hydrogen) atoms. The number of methoxy groups -OCH3 is 1. The number of anilines is 1. The first-order valence-corrected chi connectivity index (χ1v) is 7.40. The number of amides is 1. The van der Waals surface area contributed by atoms with Crippen LogP contribution in [0.15, 0.2) is 18.2 Å². The van der Waals surface area contributed by atoms with Crippen LogP contribution < -0.4 is 15.8 Å². The second kappa shape index (κ2) is 8.03. The van der Waals surface area contributed by atoms with Crippen molar-refractivity contribution in [3.05, 3.63) is 23.8 Å². The third-order valence-electron chi connectivity index (χ3n) is 3.07. The molecule has 130 valence electrons. The number of nitrogens with one attached hydrogen (secondary N) is 1. The van der Waals surface area contributed by atoms with Crippen molar-refractivity contribution in [2.24, 2.45) is 0 Å². The van der Waals surface area contributed by atoms with Crippen molar-refractivity contribution >= 4 is 11.8 Å². The molecule has 0 radical (unpaired) electrons. The lowest BCUT2D eigenvalue weighted by molar-refractivity contribution is 0.0122. The third-order valence-corrected chi connectivity index (χ3v) is 3.07. The first-order valence-electron chi connectivity index (χ1n) is 7.40. The second-order valence-electron chi connectivity index (χ2n) is 6.23. The summed E-state index contributed by atoms with van der Waals surface area (Å²) in [5.41, 5.74) is 6.06. The van der Waals surface area contributed by atoms with Gasteiger partial charge in [0.05, 0.1) is 18.9 Å². The lowest BCUT2D eigenvalue weighted by atomic mass is 10.0. The zero-order valence-electron chi connectivity index (χ0n) is 14.0. The molecule has 0 bridgehead atoms. The summed E-state index contributed by atoms with van der Waals surface area (Å²) < 4.78 is 10.2. The minimum atomic E-state index is -1.11. The van der Waals surface area contributed by atoms with E-state index in [1.165, 1.54) is 7.11 Å². The summed E-state index contributed by atoms with van der Waals surface area (Å²) >= 11 is 0. The highest BCUT2D eigenvalue weighted by molar-refractivity contribution is 5.67. The summed E-state index contributed by atoms with van der Waals surface area (Å²) in [7, 11) is 1.48. The fourth-order valence-corrected chi connectivity index (χ4v) is 1.93. The van der Waals surface area contributed by atoms with E-state index in [0.29, 0.717) is 17.0 Å². The molecule has 2 atom stereocenters. The summed E-state index contributed by atoms with van der Waals surface area (Å²) in [4.78, 5) is 11.5. The lowest BCUT2D eigenvalue weighted by Crippen LogP contribution is -2.34. The Labute approximate surface area is 136 Å². The van der Waals surface area contributed by atoms with E-state index in [-0.39, 0.29) is 13.0 Å². The Morgan fingerprint density at radius 1 is 1.35 bits per heavy atom. The van der Waals surface area contributed by atoms with Gasteiger partial charge in [0.15, 0.2) is 0 Å². The fraction of sp³-hybridized carbons (Fsp3) is 0.562. The number of rotatable bonds is 6. The fourth-order valence-electron chi connectivity index (χ4n) is 1.93. The number of nitrogen functional groups attached to an aromatic ring is 1. The molecule has 0 heterocycles. The molecule has 1 aromatic rings. The van der Waals surface area contributed by atoms with Crippen LogP contribution in [0.2, 0.25) is 0 Å². The monoisotopic (exact) mass is 326 g/mol. The summed E-state index contributed by atoms with van der Waals surface area (Å²) in [5, 5.41) is 22.7. The van der Waals surface area contributed by atoms with Gasteiger partial charge >= 0.3 is 6.09 Å². The number of carbonyl (C=O) groups excluding carboxylic acids is 1. The summed E-state index contributed by atoms with van der Waals surface area (Å²) in [6.07, 6.45) is -2.54. The number of nitrogens with two attached hydrogens (primary N) is 1. The van der Waals surface area contributed by atoms with Gasteiger partial charge in [-0.15, -0.1) is 0 Å². The Kier molecular flexibility index (Phi) is 6.65. The van der Waals surface area contributed by atoms with Gasteiger partial charge in [0.2, 0.25) is 0 Å². The summed E-state index contributed by atoms with van der Waals surface area (Å²) in [6, 6.07) is 4.79. The van der Waals surface area contributed by atoms with Crippen LogP contribution in [0.3, 0.4) is 0 Å². The molecule has 0 saturated heterocycles. The molecule has 0 aliphatic rings. The number of aliphatic hydroxyl groups excluding tert-OH is 2. The van der Waals surface area contributed by atoms with E-state index in [2.05, 4.69) is 5.32 Å². The van der Waals surface area contributed by atoms with E-state index in [1.807, 2.05) is 0 Å². The van der Waals surface area contributed by atoms with Crippen LogP contribution in [0, 0.1) is 0 Å². The van der Waals surface area contributed by atoms with Gasteiger partial charge in [-0.3, -0.25) is 0 Å². The van der Waals surface area contributed by atoms with E-state index in [4.69, 9.17) is 15.2 Å². The van der Waals surface area contributed by atoms with Crippen molar-refractivity contribution in [1.29, 1.82) is 0 Å². The molecule has 0 fully saturated rings. The predicted octanol–water partition coefficient (Wildman–Crippen LogP) is 1.59. The second-order valence-corrected chi connectivity index (χ2v) is 6.23. The highest BCUT2D eigenvalue weighted by atomic mass is 16.6. The molecule has 1 amide bonds. The average Bonchev–Trinajstić information content (AvgIpc) is 2.45. The molecule has 7 nitrogen and oxygen atoms in total. The number of benzene rings is 1. The molecule has 5 N–H and O–H groups in total. The van der Waals surface area contributed by atoms with Gasteiger partial charge in [-0.2, -0.15) is 0 Å². The topological polar surface area (TPSA) is 114 Å². The summed E-state index contributed by atoms with van der Waals surface area (Å²) in [5.74, 6) is 0.431. The van der Waals surface area contributed by atoms with Gasteiger partial charge in [0, 0.05) is 6.54 Å². The Balaban J connectivity index is 2.51. The molecule has 0 spiro atoms. The van der Waals surface area contributed by atoms with Crippen LogP contribution in [-0.2, 0) is 4.74 Å². The van der Waals surface area contributed by atoms with Crippen LogP contribution in [-0.4, -0.2) is 41.7 Å². The number of carbonyl (C=O) groups is 1. The zero-order valence-corrected chi connectivity index (χ0v) is 14.0. The molecule has 1 rings (SSSR count). The smallest absolute Gasteiger partial charge is 0.407 e. The highest BCUT2D eigenvalue weighted by Gasteiger charge is 2.20. The van der Waals surface area contributed by atoms with Crippen molar-refractivity contribution in [2.75, 3.05) is 19.4 Å². The van der Waals surface area contributed by atoms with Gasteiger partial charge in [0.1, 0.15) is 17.5 Å². The molecule has 0 saturated carbocycles. The average molecular weight is 326 g/mol. The molecule has 0 aliphatic carbocycles. The van der Waals surface area contributed by atoms with Gasteiger partial charge in [-0.05, 0) is 44.9 Å². The van der Waals surface area contributed by atoms with Crippen molar-refractivity contribution in [2.45, 2.75) is 45.0 Å². The predicted molar refractivity (Wildman–Crippen MR) is 87.2 cm³/mol. The van der Waals surface area contributed by atoms with Crippen LogP contribution in [0.5, 0.6) is 5.75 Å². The lowest BCUT2D eigenvalue weighted by Gasteiger charge is -2.21. The van der Waals surface area contributed by atoms with Crippen molar-refractivity contribution < 1.29 is 24.5 Å². The molecular weight excluding hydrogens is 300 g/mol. The number of hydrogen-bond donors (Lipinski definition) is 4. The molecule has 1 aromatic carbocycles. The largest absolute Gasteiger partial charge is 0.495 e. The maximum atomic E-state index is 11.5. The quantitative estimate of drug-likeness (QED) is 0.590. The summed E-state index contributed by atoms with van der Waals surface area (Å²) in [6.45, 7) is 5.47. The maximum absolute atomic E-state index is 11.5. The molecular formula is C16H26N2O5. The molecule has 2 unspecified atom stereocenters. The molecule has 0 aliphatic heterocycles. The maximum Gasteiger partial charge on any atom is 0.407 e. The Morgan fingerprint density at radius 3 is 2.57 bits per heavy atom. The minimum absolute atomic E-state index is 0.174. The SMILES string of the molecule is COc1cc(C(O)C(O)CCNC(=O)OC(C)(C)C)ccc1N. The van der Waals surface area contributed by atoms with Crippen LogP contribution in [0.4, 0.5) is 10.5 Å². The van der Waals surface area contributed by atoms with E-state index in [9.17, 15) is 15.0 Å². The number of ether oxygens (including phenoxy) is 2. The van der Waals surface area contributed by atoms with E-state index < -0.39 is 23.9 Å². The normalized spacial score (nSPS) is 14.0. The van der Waals surface area contributed by atoms with E-state index in [1.54, 1.807) is 39.0 Å². The number of aliphatic hydroxyl groups is 2. The Bertz CT molecular complexity index is 528. The van der Waals surface area contributed by atoms with Crippen LogP contribution in [0.1, 0.15) is 38.9 Å². The molecule has 0 aromatic heterocycles. The van der Waals surface area contributed by atoms with Crippen molar-refractivity contribution in [1.82, 2.24) is 5.32 Å². The minimum Gasteiger partial charge on any atom is -0.495 e. The van der Waals surface area contributed by atoms with Crippen molar-refractivity contribution in [3.8, 4) is 5.75 Å². The Hall–Kier alpha value is -1.99. The standard InChI is InChI=1S/C16H26N2O5/c1-16(2,3)23-15(21)18-8-7-12(19)14(20)10-5-6-11(17)13(9-10)22-4/h5-6,9,12,14,19-20H,7-8,17H2,1-4H3,(H,18,21). The van der Waals surface area contributed by atoms with Crippen LogP contribution >= 0.6 is 0 Å². The first-order chi connectivity index (χ1) is 10.6. The number of alkyl carbamates (subject to hydrolysis) is 1. The van der Waals surface area contributed by atoms with Gasteiger partial charge in [0.25, 0.3) is 0 Å². The molecule has 7 heteroatoms. The number of hydrogen-bond acceptors (Lipinski definition) is 6. The first kappa shape index (κ1) is 19.1. The highest BCUT2D eigenvalue weighted by Crippen LogP contribution is 2.27. The zero-order chi connectivity index (χ0) is 17.6. The van der Waals surface area contributed by atoms with Crippen molar-refractivity contribution in [3.63, 3.8) is 0 Å². The Morgan fingerprint density at radius 2 is 2.00 bits per heavy atom. The van der Waals surface area contributed by atoms with Gasteiger partial charge < -0.3 is 30.7 Å².